The Bertz CT molecular complexity index is 668. The van der Waals surface area contributed by atoms with Crippen molar-refractivity contribution in [1.29, 1.82) is 0 Å². The van der Waals surface area contributed by atoms with Gasteiger partial charge in [0.25, 0.3) is 0 Å². The molecule has 2 N–H and O–H groups in total. The maximum absolute atomic E-state index is 11.8. The molecule has 1 unspecified atom stereocenters. The fraction of sp³-hybridized carbons (Fsp3) is 0.619. The van der Waals surface area contributed by atoms with E-state index in [9.17, 15) is 4.79 Å². The van der Waals surface area contributed by atoms with E-state index in [1.54, 1.807) is 0 Å². The lowest BCUT2D eigenvalue weighted by Gasteiger charge is -2.32. The molecule has 2 aliphatic rings. The summed E-state index contributed by atoms with van der Waals surface area (Å²) in [5, 5.41) is 6.40. The highest BCUT2D eigenvalue weighted by atomic mass is 16.5. The van der Waals surface area contributed by atoms with Crippen molar-refractivity contribution in [2.24, 2.45) is 10.9 Å². The number of amides is 1. The molecule has 0 aromatic heterocycles. The number of benzene rings is 1. The van der Waals surface area contributed by atoms with Gasteiger partial charge in [0.05, 0.1) is 13.2 Å². The number of hydrogen-bond donors (Lipinski definition) is 2. The molecule has 1 aromatic rings. The zero-order valence-electron chi connectivity index (χ0n) is 17.3. The smallest absolute Gasteiger partial charge is 0.226 e. The Labute approximate surface area is 168 Å². The van der Waals surface area contributed by atoms with Crippen molar-refractivity contribution in [1.82, 2.24) is 15.1 Å². The lowest BCUT2D eigenvalue weighted by atomic mass is 10.1. The number of ether oxygens (including phenoxy) is 1. The van der Waals surface area contributed by atoms with Gasteiger partial charge in [-0.1, -0.05) is 26.0 Å². The van der Waals surface area contributed by atoms with E-state index >= 15 is 0 Å². The van der Waals surface area contributed by atoms with Gasteiger partial charge in [-0.3, -0.25) is 14.7 Å². The zero-order chi connectivity index (χ0) is 19.9. The third-order valence-corrected chi connectivity index (χ3v) is 5.43. The molecule has 0 radical (unpaired) electrons. The highest BCUT2D eigenvalue weighted by Gasteiger charge is 2.30. The Morgan fingerprint density at radius 3 is 2.57 bits per heavy atom. The second kappa shape index (κ2) is 9.89. The number of likely N-dealkylation sites (tertiary alicyclic amines) is 1. The maximum atomic E-state index is 11.8. The van der Waals surface area contributed by atoms with Crippen molar-refractivity contribution < 1.29 is 9.53 Å². The van der Waals surface area contributed by atoms with E-state index in [4.69, 9.17) is 4.74 Å². The second-order valence-electron chi connectivity index (χ2n) is 7.78. The molecule has 0 bridgehead atoms. The molecule has 7 nitrogen and oxygen atoms in total. The number of carbonyl (C=O) groups excluding carboxylic acids is 1. The number of guanidine groups is 1. The van der Waals surface area contributed by atoms with Crippen molar-refractivity contribution in [2.75, 3.05) is 51.8 Å². The number of hydrogen-bond acceptors (Lipinski definition) is 4. The topological polar surface area (TPSA) is 69.2 Å². The van der Waals surface area contributed by atoms with E-state index in [1.807, 2.05) is 45.2 Å². The molecule has 0 saturated carbocycles. The molecule has 2 saturated heterocycles. The SMILES string of the molecule is CN=C(NCc1ccc(NC(=O)C(C)C)cc1)N1CCC(N2CCOCC2)C1. The molecule has 0 aliphatic carbocycles. The predicted octanol–water partition coefficient (Wildman–Crippen LogP) is 1.76. The summed E-state index contributed by atoms with van der Waals surface area (Å²) in [5.41, 5.74) is 1.99. The molecule has 0 spiro atoms. The fourth-order valence-corrected chi connectivity index (χ4v) is 3.68. The minimum absolute atomic E-state index is 0.0218. The third kappa shape index (κ3) is 5.45. The van der Waals surface area contributed by atoms with Crippen LogP contribution in [0.5, 0.6) is 0 Å². The van der Waals surface area contributed by atoms with E-state index in [-0.39, 0.29) is 11.8 Å². The molecule has 1 amide bonds. The minimum atomic E-state index is -0.0218. The summed E-state index contributed by atoms with van der Waals surface area (Å²) in [6, 6.07) is 8.56. The standard InChI is InChI=1S/C21H33N5O2/c1-16(2)20(27)24-18-6-4-17(5-7-18)14-23-21(22-3)26-9-8-19(15-26)25-10-12-28-13-11-25/h4-7,16,19H,8-15H2,1-3H3,(H,22,23)(H,24,27). The molecule has 2 fully saturated rings. The molecular weight excluding hydrogens is 354 g/mol. The Morgan fingerprint density at radius 2 is 1.93 bits per heavy atom. The van der Waals surface area contributed by atoms with Crippen LogP contribution in [0.1, 0.15) is 25.8 Å². The Hall–Kier alpha value is -2.12. The van der Waals surface area contributed by atoms with E-state index in [2.05, 4.69) is 25.4 Å². The molecule has 2 aliphatic heterocycles. The van der Waals surface area contributed by atoms with Crippen LogP contribution in [0.2, 0.25) is 0 Å². The van der Waals surface area contributed by atoms with Crippen molar-refractivity contribution in [3.63, 3.8) is 0 Å². The summed E-state index contributed by atoms with van der Waals surface area (Å²) in [7, 11) is 1.84. The number of nitrogens with zero attached hydrogens (tertiary/aromatic N) is 3. The summed E-state index contributed by atoms with van der Waals surface area (Å²) in [6.45, 7) is 10.3. The van der Waals surface area contributed by atoms with Gasteiger partial charge < -0.3 is 20.3 Å². The van der Waals surface area contributed by atoms with Crippen LogP contribution in [-0.4, -0.2) is 74.1 Å². The predicted molar refractivity (Wildman–Crippen MR) is 112 cm³/mol. The van der Waals surface area contributed by atoms with Gasteiger partial charge in [0.1, 0.15) is 0 Å². The largest absolute Gasteiger partial charge is 0.379 e. The van der Waals surface area contributed by atoms with Gasteiger partial charge in [-0.05, 0) is 24.1 Å². The van der Waals surface area contributed by atoms with Crippen LogP contribution >= 0.6 is 0 Å². The van der Waals surface area contributed by atoms with Crippen LogP contribution in [0.3, 0.4) is 0 Å². The van der Waals surface area contributed by atoms with Gasteiger partial charge in [0.2, 0.25) is 5.91 Å². The third-order valence-electron chi connectivity index (χ3n) is 5.43. The molecule has 7 heteroatoms. The molecule has 2 heterocycles. The molecule has 154 valence electrons. The van der Waals surface area contributed by atoms with Gasteiger partial charge in [-0.2, -0.15) is 0 Å². The van der Waals surface area contributed by atoms with E-state index in [1.165, 1.54) is 6.42 Å². The summed E-state index contributed by atoms with van der Waals surface area (Å²) in [4.78, 5) is 21.1. The average Bonchev–Trinajstić information content (AvgIpc) is 3.20. The summed E-state index contributed by atoms with van der Waals surface area (Å²) in [6.07, 6.45) is 1.17. The lowest BCUT2D eigenvalue weighted by Crippen LogP contribution is -2.46. The summed E-state index contributed by atoms with van der Waals surface area (Å²) >= 11 is 0. The quantitative estimate of drug-likeness (QED) is 0.595. The first-order valence-corrected chi connectivity index (χ1v) is 10.2. The van der Waals surface area contributed by atoms with E-state index in [0.29, 0.717) is 12.6 Å². The number of rotatable bonds is 5. The van der Waals surface area contributed by atoms with Crippen LogP contribution in [0.25, 0.3) is 0 Å². The number of anilines is 1. The van der Waals surface area contributed by atoms with Gasteiger partial charge in [-0.15, -0.1) is 0 Å². The highest BCUT2D eigenvalue weighted by molar-refractivity contribution is 5.92. The van der Waals surface area contributed by atoms with Crippen molar-refractivity contribution in [3.05, 3.63) is 29.8 Å². The van der Waals surface area contributed by atoms with E-state index in [0.717, 1.165) is 56.6 Å². The Morgan fingerprint density at radius 1 is 1.21 bits per heavy atom. The number of aliphatic imine (C=N–C) groups is 1. The number of carbonyl (C=O) groups is 1. The zero-order valence-corrected chi connectivity index (χ0v) is 17.3. The van der Waals surface area contributed by atoms with Crippen LogP contribution in [-0.2, 0) is 16.1 Å². The highest BCUT2D eigenvalue weighted by Crippen LogP contribution is 2.17. The van der Waals surface area contributed by atoms with Gasteiger partial charge in [0, 0.05) is 57.4 Å². The van der Waals surface area contributed by atoms with Crippen molar-refractivity contribution in [3.8, 4) is 0 Å². The fourth-order valence-electron chi connectivity index (χ4n) is 3.68. The van der Waals surface area contributed by atoms with Gasteiger partial charge in [-0.25, -0.2) is 0 Å². The molecule has 3 rings (SSSR count). The van der Waals surface area contributed by atoms with Gasteiger partial charge >= 0.3 is 0 Å². The summed E-state index contributed by atoms with van der Waals surface area (Å²) < 4.78 is 5.47. The van der Waals surface area contributed by atoms with Gasteiger partial charge in [0.15, 0.2) is 5.96 Å². The first-order valence-electron chi connectivity index (χ1n) is 10.2. The normalized spacial score (nSPS) is 21.2. The van der Waals surface area contributed by atoms with E-state index < -0.39 is 0 Å². The second-order valence-corrected chi connectivity index (χ2v) is 7.78. The first-order chi connectivity index (χ1) is 13.6. The van der Waals surface area contributed by atoms with Crippen molar-refractivity contribution in [2.45, 2.75) is 32.9 Å². The van der Waals surface area contributed by atoms with Crippen molar-refractivity contribution >= 4 is 17.6 Å². The number of morpholine rings is 1. The average molecular weight is 388 g/mol. The van der Waals surface area contributed by atoms with Crippen LogP contribution in [0, 0.1) is 5.92 Å². The molecule has 28 heavy (non-hydrogen) atoms. The molecule has 1 aromatic carbocycles. The molecular formula is C21H33N5O2. The van der Waals surface area contributed by atoms with Crippen LogP contribution in [0.15, 0.2) is 29.3 Å². The monoisotopic (exact) mass is 387 g/mol. The Balaban J connectivity index is 1.48. The summed E-state index contributed by atoms with van der Waals surface area (Å²) in [5.74, 6) is 0.967. The van der Waals surface area contributed by atoms with Crippen LogP contribution < -0.4 is 10.6 Å². The van der Waals surface area contributed by atoms with Crippen LogP contribution in [0.4, 0.5) is 5.69 Å². The first kappa shape index (κ1) is 20.6. The molecule has 1 atom stereocenters. The maximum Gasteiger partial charge on any atom is 0.226 e. The Kier molecular flexibility index (Phi) is 7.28. The number of nitrogens with one attached hydrogen (secondary N) is 2. The minimum Gasteiger partial charge on any atom is -0.379 e. The lowest BCUT2D eigenvalue weighted by molar-refractivity contribution is -0.118.